The first-order chi connectivity index (χ1) is 16.6. The molecule has 0 aromatic carbocycles. The zero-order valence-electron chi connectivity index (χ0n) is 23.3. The summed E-state index contributed by atoms with van der Waals surface area (Å²) in [5.74, 6) is -0.345. The van der Waals surface area contributed by atoms with Crippen molar-refractivity contribution in [2.75, 3.05) is 54.1 Å². The number of likely N-dealkylation sites (N-methyl/N-ethyl adjacent to an activating group) is 1. The van der Waals surface area contributed by atoms with Crippen LogP contribution in [0.2, 0.25) is 0 Å². The molecule has 2 unspecified atom stereocenters. The number of nitrogens with zero attached hydrogens (tertiary/aromatic N) is 1. The van der Waals surface area contributed by atoms with E-state index in [1.54, 1.807) is 0 Å². The number of rotatable bonds is 25. The van der Waals surface area contributed by atoms with E-state index in [9.17, 15) is 14.3 Å². The summed E-state index contributed by atoms with van der Waals surface area (Å²) in [4.78, 5) is 24.4. The lowest BCUT2D eigenvalue weighted by atomic mass is 10.1. The first-order valence-corrected chi connectivity index (χ1v) is 15.2. The molecule has 0 amide bonds. The number of unbranched alkanes of at least 4 members (excludes halogenated alkanes) is 11. The van der Waals surface area contributed by atoms with Crippen molar-refractivity contribution >= 4 is 13.8 Å². The van der Waals surface area contributed by atoms with Crippen molar-refractivity contribution < 1.29 is 37.3 Å². The minimum Gasteiger partial charge on any atom is -0.756 e. The van der Waals surface area contributed by atoms with E-state index in [0.29, 0.717) is 24.1 Å². The molecule has 9 heteroatoms. The summed E-state index contributed by atoms with van der Waals surface area (Å²) in [6, 6.07) is 0. The molecule has 0 radical (unpaired) electrons. The van der Waals surface area contributed by atoms with E-state index >= 15 is 0 Å². The second-order valence-electron chi connectivity index (χ2n) is 10.4. The van der Waals surface area contributed by atoms with Crippen molar-refractivity contribution in [3.05, 3.63) is 0 Å². The van der Waals surface area contributed by atoms with E-state index in [-0.39, 0.29) is 25.8 Å². The Morgan fingerprint density at radius 3 is 1.89 bits per heavy atom. The van der Waals surface area contributed by atoms with Gasteiger partial charge in [-0.25, -0.2) is 0 Å². The van der Waals surface area contributed by atoms with E-state index in [1.807, 2.05) is 21.1 Å². The van der Waals surface area contributed by atoms with Gasteiger partial charge >= 0.3 is 5.97 Å². The Morgan fingerprint density at radius 2 is 1.31 bits per heavy atom. The van der Waals surface area contributed by atoms with Crippen LogP contribution in [-0.2, 0) is 27.9 Å². The molecule has 0 saturated carbocycles. The average Bonchev–Trinajstić information content (AvgIpc) is 2.77. The van der Waals surface area contributed by atoms with Gasteiger partial charge in [0.15, 0.2) is 0 Å². The predicted octanol–water partition coefficient (Wildman–Crippen LogP) is 5.62. The van der Waals surface area contributed by atoms with Crippen molar-refractivity contribution in [1.82, 2.24) is 0 Å². The van der Waals surface area contributed by atoms with Gasteiger partial charge in [-0.05, 0) is 12.8 Å². The highest BCUT2D eigenvalue weighted by atomic mass is 31.2. The van der Waals surface area contributed by atoms with Gasteiger partial charge in [-0.2, -0.15) is 0 Å². The summed E-state index contributed by atoms with van der Waals surface area (Å²) in [6.07, 6.45) is 14.2. The fraction of sp³-hybridized carbons (Fsp3) is 0.962. The van der Waals surface area contributed by atoms with Crippen LogP contribution in [0.5, 0.6) is 0 Å². The molecular weight excluding hydrogens is 469 g/mol. The lowest BCUT2D eigenvalue weighted by Gasteiger charge is -2.28. The number of hydrogen-bond donors (Lipinski definition) is 0. The molecule has 0 heterocycles. The van der Waals surface area contributed by atoms with Crippen LogP contribution in [0.1, 0.15) is 104 Å². The van der Waals surface area contributed by atoms with Crippen LogP contribution in [0, 0.1) is 0 Å². The van der Waals surface area contributed by atoms with Crippen LogP contribution in [-0.4, -0.2) is 70.7 Å². The topological polar surface area (TPSA) is 94.1 Å². The molecule has 0 aromatic rings. The molecule has 35 heavy (non-hydrogen) atoms. The molecule has 0 saturated heterocycles. The molecule has 210 valence electrons. The number of esters is 1. The second-order valence-corrected chi connectivity index (χ2v) is 11.8. The summed E-state index contributed by atoms with van der Waals surface area (Å²) in [7, 11) is 1.36. The van der Waals surface area contributed by atoms with Gasteiger partial charge in [0.1, 0.15) is 19.3 Å². The quantitative estimate of drug-likeness (QED) is 0.0663. The number of phosphoric acid groups is 1. The Labute approximate surface area is 215 Å². The summed E-state index contributed by atoms with van der Waals surface area (Å²) >= 11 is 0. The molecule has 0 spiro atoms. The minimum absolute atomic E-state index is 0.0293. The lowest BCUT2D eigenvalue weighted by molar-refractivity contribution is -0.870. The van der Waals surface area contributed by atoms with Crippen LogP contribution >= 0.6 is 7.82 Å². The fourth-order valence-electron chi connectivity index (χ4n) is 3.42. The first kappa shape index (κ1) is 34.5. The summed E-state index contributed by atoms with van der Waals surface area (Å²) in [6.45, 7) is 5.29. The Hall–Kier alpha value is -0.500. The summed E-state index contributed by atoms with van der Waals surface area (Å²) in [5, 5.41) is 0. The van der Waals surface area contributed by atoms with Crippen LogP contribution in [0.4, 0.5) is 0 Å². The Morgan fingerprint density at radius 1 is 0.771 bits per heavy atom. The number of ether oxygens (including phenoxy) is 2. The van der Waals surface area contributed by atoms with Gasteiger partial charge in [-0.3, -0.25) is 9.36 Å². The van der Waals surface area contributed by atoms with Crippen molar-refractivity contribution in [1.29, 1.82) is 0 Å². The van der Waals surface area contributed by atoms with Gasteiger partial charge in [0.25, 0.3) is 7.82 Å². The maximum atomic E-state index is 12.3. The van der Waals surface area contributed by atoms with Crippen LogP contribution in [0.25, 0.3) is 0 Å². The highest BCUT2D eigenvalue weighted by molar-refractivity contribution is 7.45. The van der Waals surface area contributed by atoms with Crippen LogP contribution < -0.4 is 4.89 Å². The third kappa shape index (κ3) is 25.0. The van der Waals surface area contributed by atoms with Crippen molar-refractivity contribution in [3.8, 4) is 0 Å². The van der Waals surface area contributed by atoms with Crippen LogP contribution in [0.3, 0.4) is 0 Å². The zero-order valence-corrected chi connectivity index (χ0v) is 24.2. The number of phosphoric ester groups is 1. The maximum absolute atomic E-state index is 12.3. The predicted molar refractivity (Wildman–Crippen MR) is 139 cm³/mol. The molecule has 8 nitrogen and oxygen atoms in total. The highest BCUT2D eigenvalue weighted by Crippen LogP contribution is 2.38. The third-order valence-corrected chi connectivity index (χ3v) is 6.62. The Kier molecular flexibility index (Phi) is 21.3. The molecule has 0 aliphatic heterocycles. The number of hydrogen-bond acceptors (Lipinski definition) is 7. The smallest absolute Gasteiger partial charge is 0.306 e. The molecule has 0 rings (SSSR count). The first-order valence-electron chi connectivity index (χ1n) is 13.8. The molecule has 0 aromatic heterocycles. The fourth-order valence-corrected chi connectivity index (χ4v) is 4.15. The van der Waals surface area contributed by atoms with Gasteiger partial charge in [0.05, 0.1) is 34.4 Å². The zero-order chi connectivity index (χ0) is 26.4. The van der Waals surface area contributed by atoms with E-state index in [1.165, 1.54) is 51.4 Å². The molecule has 0 aliphatic carbocycles. The SMILES string of the molecule is CCCCCCCCCC(=O)OC(COCCCCCCCC)COP(=O)([O-])OCC[N+](C)(C)C. The van der Waals surface area contributed by atoms with Gasteiger partial charge < -0.3 is 27.9 Å². The number of carbonyl (C=O) groups is 1. The minimum atomic E-state index is -4.48. The Balaban J connectivity index is 4.43. The van der Waals surface area contributed by atoms with E-state index in [2.05, 4.69) is 13.8 Å². The molecule has 0 aliphatic rings. The third-order valence-electron chi connectivity index (χ3n) is 5.66. The van der Waals surface area contributed by atoms with Gasteiger partial charge in [-0.1, -0.05) is 84.5 Å². The Bertz CT molecular complexity index is 554. The van der Waals surface area contributed by atoms with E-state index < -0.39 is 13.9 Å². The van der Waals surface area contributed by atoms with Crippen LogP contribution in [0.15, 0.2) is 0 Å². The van der Waals surface area contributed by atoms with E-state index in [0.717, 1.165) is 32.1 Å². The molecule has 0 bridgehead atoms. The van der Waals surface area contributed by atoms with E-state index in [4.69, 9.17) is 18.5 Å². The monoisotopic (exact) mass is 523 g/mol. The molecule has 0 fully saturated rings. The molecular formula is C26H54NO7P. The van der Waals surface area contributed by atoms with Crippen molar-refractivity contribution in [3.63, 3.8) is 0 Å². The average molecular weight is 524 g/mol. The van der Waals surface area contributed by atoms with Crippen molar-refractivity contribution in [2.24, 2.45) is 0 Å². The van der Waals surface area contributed by atoms with Crippen molar-refractivity contribution in [2.45, 2.75) is 110 Å². The number of carbonyl (C=O) groups excluding carboxylic acids is 1. The number of quaternary nitrogens is 1. The normalized spacial score (nSPS) is 14.6. The molecule has 0 N–H and O–H groups in total. The highest BCUT2D eigenvalue weighted by Gasteiger charge is 2.20. The molecule has 2 atom stereocenters. The van der Waals surface area contributed by atoms with Gasteiger partial charge in [0, 0.05) is 13.0 Å². The standard InChI is InChI=1S/C26H54NO7P/c1-6-8-10-12-14-15-17-19-26(28)34-25(23-31-21-18-16-13-11-9-7-2)24-33-35(29,30)32-22-20-27(3,4)5/h25H,6-24H2,1-5H3. The second kappa shape index (κ2) is 21.6. The van der Waals surface area contributed by atoms with Gasteiger partial charge in [0.2, 0.25) is 0 Å². The lowest BCUT2D eigenvalue weighted by Crippen LogP contribution is -2.37. The summed E-state index contributed by atoms with van der Waals surface area (Å²) < 4.78 is 33.9. The maximum Gasteiger partial charge on any atom is 0.306 e. The van der Waals surface area contributed by atoms with Gasteiger partial charge in [-0.15, -0.1) is 0 Å². The largest absolute Gasteiger partial charge is 0.756 e. The summed E-state index contributed by atoms with van der Waals surface area (Å²) in [5.41, 5.74) is 0.